The van der Waals surface area contributed by atoms with Crippen LogP contribution in [-0.2, 0) is 10.0 Å². The highest BCUT2D eigenvalue weighted by molar-refractivity contribution is 7.89. The standard InChI is InChI=1S/C9H8N2O2S.3ClH/c10-14(12,13)9-3-1-2-7-6-11-5-4-8(7)9;;;/h1-6H,(H2,10,12,13);3*1H. The minimum Gasteiger partial charge on any atom is -0.264 e. The number of nitrogens with zero attached hydrogens (tertiary/aromatic N) is 1. The zero-order chi connectivity index (χ0) is 10.2. The predicted molar refractivity (Wildman–Crippen MR) is 74.9 cm³/mol. The fraction of sp³-hybridized carbons (Fsp3) is 0. The Kier molecular flexibility index (Phi) is 7.71. The topological polar surface area (TPSA) is 73.1 Å². The molecule has 0 bridgehead atoms. The van der Waals surface area contributed by atoms with E-state index in [9.17, 15) is 8.42 Å². The summed E-state index contributed by atoms with van der Waals surface area (Å²) in [6.45, 7) is 0. The van der Waals surface area contributed by atoms with E-state index in [-0.39, 0.29) is 42.1 Å². The Morgan fingerprint density at radius 1 is 1.06 bits per heavy atom. The molecule has 2 N–H and O–H groups in total. The average Bonchev–Trinajstić information content (AvgIpc) is 2.15. The second-order valence-corrected chi connectivity index (χ2v) is 4.43. The van der Waals surface area contributed by atoms with Gasteiger partial charge in [-0.25, -0.2) is 13.6 Å². The van der Waals surface area contributed by atoms with Crippen molar-refractivity contribution in [2.45, 2.75) is 4.90 Å². The summed E-state index contributed by atoms with van der Waals surface area (Å²) in [7, 11) is -3.66. The van der Waals surface area contributed by atoms with E-state index in [2.05, 4.69) is 4.98 Å². The molecule has 1 aromatic carbocycles. The van der Waals surface area contributed by atoms with Crippen LogP contribution in [0, 0.1) is 0 Å². The van der Waals surface area contributed by atoms with Gasteiger partial charge in [0.1, 0.15) is 0 Å². The summed E-state index contributed by atoms with van der Waals surface area (Å²) in [6.07, 6.45) is 3.14. The van der Waals surface area contributed by atoms with Crippen LogP contribution in [-0.4, -0.2) is 13.4 Å². The number of sulfonamides is 1. The Morgan fingerprint density at radius 3 is 2.29 bits per heavy atom. The number of hydrogen-bond acceptors (Lipinski definition) is 3. The van der Waals surface area contributed by atoms with Crippen molar-refractivity contribution in [3.63, 3.8) is 0 Å². The normalized spacial score (nSPS) is 9.71. The van der Waals surface area contributed by atoms with Crippen molar-refractivity contribution in [1.29, 1.82) is 0 Å². The Bertz CT molecular complexity index is 584. The third-order valence-electron chi connectivity index (χ3n) is 1.95. The van der Waals surface area contributed by atoms with Crippen LogP contribution in [0.25, 0.3) is 10.8 Å². The summed E-state index contributed by atoms with van der Waals surface area (Å²) in [5.41, 5.74) is 0. The molecule has 0 aliphatic rings. The average molecular weight is 318 g/mol. The van der Waals surface area contributed by atoms with E-state index >= 15 is 0 Å². The zero-order valence-electron chi connectivity index (χ0n) is 8.44. The minimum atomic E-state index is -3.66. The molecule has 0 aliphatic heterocycles. The van der Waals surface area contributed by atoms with Gasteiger partial charge < -0.3 is 0 Å². The second-order valence-electron chi connectivity index (χ2n) is 2.90. The number of nitrogens with two attached hydrogens (primary N) is 1. The number of rotatable bonds is 1. The Labute approximate surface area is 118 Å². The van der Waals surface area contributed by atoms with Crippen LogP contribution in [0.15, 0.2) is 41.6 Å². The van der Waals surface area contributed by atoms with Gasteiger partial charge in [-0.15, -0.1) is 37.2 Å². The van der Waals surface area contributed by atoms with Crippen molar-refractivity contribution >= 4 is 58.0 Å². The lowest BCUT2D eigenvalue weighted by molar-refractivity contribution is 0.598. The maximum absolute atomic E-state index is 11.2. The maximum atomic E-state index is 11.2. The number of halogens is 3. The van der Waals surface area contributed by atoms with Crippen LogP contribution in [0.2, 0.25) is 0 Å². The molecule has 4 nitrogen and oxygen atoms in total. The van der Waals surface area contributed by atoms with Gasteiger partial charge in [0.2, 0.25) is 10.0 Å². The molecular weight excluding hydrogens is 307 g/mol. The lowest BCUT2D eigenvalue weighted by Gasteiger charge is -2.02. The Balaban J connectivity index is 0. The van der Waals surface area contributed by atoms with Gasteiger partial charge in [-0.1, -0.05) is 12.1 Å². The van der Waals surface area contributed by atoms with Crippen molar-refractivity contribution in [3.8, 4) is 0 Å². The molecule has 0 saturated carbocycles. The van der Waals surface area contributed by atoms with Crippen LogP contribution >= 0.6 is 37.2 Å². The lowest BCUT2D eigenvalue weighted by Crippen LogP contribution is -2.12. The molecule has 0 saturated heterocycles. The summed E-state index contributed by atoms with van der Waals surface area (Å²) < 4.78 is 22.4. The number of hydrogen-bond donors (Lipinski definition) is 1. The molecule has 17 heavy (non-hydrogen) atoms. The second kappa shape index (κ2) is 6.98. The fourth-order valence-electron chi connectivity index (χ4n) is 1.34. The van der Waals surface area contributed by atoms with Gasteiger partial charge in [0.15, 0.2) is 0 Å². The molecule has 0 unspecified atom stereocenters. The highest BCUT2D eigenvalue weighted by Gasteiger charge is 2.10. The molecule has 2 rings (SSSR count). The molecular formula is C9H11Cl3N2O2S. The first-order valence-corrected chi connectivity index (χ1v) is 5.49. The number of pyridine rings is 1. The van der Waals surface area contributed by atoms with Gasteiger partial charge in [0.25, 0.3) is 0 Å². The van der Waals surface area contributed by atoms with Crippen LogP contribution in [0.3, 0.4) is 0 Å². The molecule has 0 aliphatic carbocycles. The number of aromatic nitrogens is 1. The third kappa shape index (κ3) is 3.97. The molecule has 2 aromatic rings. The van der Waals surface area contributed by atoms with Gasteiger partial charge in [-0.2, -0.15) is 0 Å². The molecule has 1 aromatic heterocycles. The third-order valence-corrected chi connectivity index (χ3v) is 2.92. The van der Waals surface area contributed by atoms with Crippen molar-refractivity contribution in [1.82, 2.24) is 4.98 Å². The van der Waals surface area contributed by atoms with Crippen molar-refractivity contribution < 1.29 is 8.42 Å². The largest absolute Gasteiger partial charge is 0.264 e. The lowest BCUT2D eigenvalue weighted by atomic mass is 10.2. The van der Waals surface area contributed by atoms with Crippen LogP contribution in [0.1, 0.15) is 0 Å². The van der Waals surface area contributed by atoms with E-state index in [0.717, 1.165) is 5.39 Å². The van der Waals surface area contributed by atoms with Crippen molar-refractivity contribution in [2.75, 3.05) is 0 Å². The molecule has 0 amide bonds. The van der Waals surface area contributed by atoms with Crippen LogP contribution in [0.5, 0.6) is 0 Å². The van der Waals surface area contributed by atoms with Gasteiger partial charge in [-0.05, 0) is 12.1 Å². The van der Waals surface area contributed by atoms with Gasteiger partial charge >= 0.3 is 0 Å². The van der Waals surface area contributed by atoms with E-state index in [0.29, 0.717) is 5.39 Å². The smallest absolute Gasteiger partial charge is 0.238 e. The summed E-state index contributed by atoms with van der Waals surface area (Å²) in [4.78, 5) is 4.04. The van der Waals surface area contributed by atoms with Gasteiger partial charge in [0, 0.05) is 23.2 Å². The van der Waals surface area contributed by atoms with Crippen molar-refractivity contribution in [2.24, 2.45) is 5.14 Å². The quantitative estimate of drug-likeness (QED) is 0.876. The Morgan fingerprint density at radius 2 is 1.71 bits per heavy atom. The van der Waals surface area contributed by atoms with Gasteiger partial charge in [-0.3, -0.25) is 4.98 Å². The summed E-state index contributed by atoms with van der Waals surface area (Å²) in [6, 6.07) is 6.55. The Hall–Kier alpha value is -0.590. The number of fused-ring (bicyclic) bond motifs is 1. The molecule has 1 heterocycles. The summed E-state index contributed by atoms with van der Waals surface area (Å²) in [5, 5.41) is 6.44. The number of benzene rings is 1. The maximum Gasteiger partial charge on any atom is 0.238 e. The van der Waals surface area contributed by atoms with E-state index in [1.54, 1.807) is 24.4 Å². The van der Waals surface area contributed by atoms with E-state index in [1.165, 1.54) is 12.3 Å². The molecule has 0 radical (unpaired) electrons. The highest BCUT2D eigenvalue weighted by atomic mass is 35.5. The molecule has 0 atom stereocenters. The van der Waals surface area contributed by atoms with Gasteiger partial charge in [0.05, 0.1) is 4.90 Å². The summed E-state index contributed by atoms with van der Waals surface area (Å²) in [5.74, 6) is 0. The monoisotopic (exact) mass is 316 g/mol. The van der Waals surface area contributed by atoms with E-state index in [4.69, 9.17) is 5.14 Å². The molecule has 0 fully saturated rings. The molecule has 8 heteroatoms. The SMILES string of the molecule is Cl.Cl.Cl.NS(=O)(=O)c1cccc2cnccc12. The fourth-order valence-corrected chi connectivity index (χ4v) is 2.10. The first kappa shape index (κ1) is 18.8. The first-order valence-electron chi connectivity index (χ1n) is 3.94. The van der Waals surface area contributed by atoms with Crippen molar-refractivity contribution in [3.05, 3.63) is 36.7 Å². The molecule has 0 spiro atoms. The number of primary sulfonamides is 1. The van der Waals surface area contributed by atoms with E-state index < -0.39 is 10.0 Å². The minimum absolute atomic E-state index is 0. The first-order chi connectivity index (χ1) is 6.59. The predicted octanol–water partition coefficient (Wildman–Crippen LogP) is 2.15. The van der Waals surface area contributed by atoms with Crippen LogP contribution in [0.4, 0.5) is 0 Å². The summed E-state index contributed by atoms with van der Waals surface area (Å²) >= 11 is 0. The van der Waals surface area contributed by atoms with E-state index in [1.807, 2.05) is 0 Å². The zero-order valence-corrected chi connectivity index (χ0v) is 11.7. The molecule has 96 valence electrons. The van der Waals surface area contributed by atoms with Crippen LogP contribution < -0.4 is 5.14 Å². The highest BCUT2D eigenvalue weighted by Crippen LogP contribution is 2.20.